The van der Waals surface area contributed by atoms with Gasteiger partial charge in [-0.15, -0.1) is 0 Å². The van der Waals surface area contributed by atoms with Crippen molar-refractivity contribution in [1.82, 2.24) is 0 Å². The molecule has 0 aliphatic carbocycles. The minimum absolute atomic E-state index is 0.248. The Morgan fingerprint density at radius 3 is 2.50 bits per heavy atom. The molecule has 2 aromatic rings. The molecule has 0 aliphatic rings. The summed E-state index contributed by atoms with van der Waals surface area (Å²) in [5.41, 5.74) is 1.43. The van der Waals surface area contributed by atoms with Crippen LogP contribution >= 0.6 is 0 Å². The second-order valence-corrected chi connectivity index (χ2v) is 4.19. The standard InChI is InChI=1S/C16H14O4/c1-12(18)20-16-9-14(10-17)7-8-15(16)19-11-13-5-3-2-4-6-13/h2-10H,11H2,1H3. The van der Waals surface area contributed by atoms with E-state index in [2.05, 4.69) is 0 Å². The predicted octanol–water partition coefficient (Wildman–Crippen LogP) is 3.00. The van der Waals surface area contributed by atoms with Crippen LogP contribution in [-0.4, -0.2) is 12.3 Å². The van der Waals surface area contributed by atoms with Gasteiger partial charge in [0, 0.05) is 12.5 Å². The van der Waals surface area contributed by atoms with E-state index in [1.54, 1.807) is 12.1 Å². The second-order valence-electron chi connectivity index (χ2n) is 4.19. The summed E-state index contributed by atoms with van der Waals surface area (Å²) in [6, 6.07) is 14.3. The number of esters is 1. The van der Waals surface area contributed by atoms with Crippen LogP contribution in [0.15, 0.2) is 48.5 Å². The summed E-state index contributed by atoms with van der Waals surface area (Å²) in [6.07, 6.45) is 0.688. The van der Waals surface area contributed by atoms with Gasteiger partial charge in [-0.25, -0.2) is 0 Å². The van der Waals surface area contributed by atoms with Crippen molar-refractivity contribution in [3.8, 4) is 11.5 Å². The van der Waals surface area contributed by atoms with E-state index in [4.69, 9.17) is 9.47 Å². The van der Waals surface area contributed by atoms with Gasteiger partial charge in [-0.2, -0.15) is 0 Å². The van der Waals surface area contributed by atoms with Crippen molar-refractivity contribution in [2.45, 2.75) is 13.5 Å². The zero-order chi connectivity index (χ0) is 14.4. The summed E-state index contributed by atoms with van der Waals surface area (Å²) >= 11 is 0. The molecule has 4 nitrogen and oxygen atoms in total. The van der Waals surface area contributed by atoms with Crippen LogP contribution in [0.3, 0.4) is 0 Å². The summed E-state index contributed by atoms with van der Waals surface area (Å²) in [5.74, 6) is 0.213. The molecule has 0 aliphatic heterocycles. The molecule has 0 aromatic heterocycles. The van der Waals surface area contributed by atoms with Crippen LogP contribution in [0.2, 0.25) is 0 Å². The average molecular weight is 270 g/mol. The van der Waals surface area contributed by atoms with Crippen molar-refractivity contribution >= 4 is 12.3 Å². The average Bonchev–Trinajstić information content (AvgIpc) is 2.46. The maximum atomic E-state index is 11.1. The van der Waals surface area contributed by atoms with Gasteiger partial charge in [0.2, 0.25) is 0 Å². The Morgan fingerprint density at radius 2 is 1.85 bits per heavy atom. The van der Waals surface area contributed by atoms with Gasteiger partial charge in [0.15, 0.2) is 11.5 Å². The summed E-state index contributed by atoms with van der Waals surface area (Å²) in [6.45, 7) is 1.66. The first kappa shape index (κ1) is 13.8. The molecule has 0 bridgehead atoms. The summed E-state index contributed by atoms with van der Waals surface area (Å²) < 4.78 is 10.7. The number of aldehydes is 1. The molecule has 2 aromatic carbocycles. The van der Waals surface area contributed by atoms with Crippen LogP contribution in [0.25, 0.3) is 0 Å². The van der Waals surface area contributed by atoms with Crippen LogP contribution in [-0.2, 0) is 11.4 Å². The molecule has 0 amide bonds. The van der Waals surface area contributed by atoms with E-state index in [1.807, 2.05) is 30.3 Å². The molecular weight excluding hydrogens is 256 g/mol. The number of hydrogen-bond acceptors (Lipinski definition) is 4. The molecule has 20 heavy (non-hydrogen) atoms. The van der Waals surface area contributed by atoms with Gasteiger partial charge in [-0.3, -0.25) is 9.59 Å². The summed E-state index contributed by atoms with van der Waals surface area (Å²) in [5, 5.41) is 0. The lowest BCUT2D eigenvalue weighted by molar-refractivity contribution is -0.132. The zero-order valence-corrected chi connectivity index (χ0v) is 11.0. The molecule has 0 N–H and O–H groups in total. The third kappa shape index (κ3) is 3.68. The Labute approximate surface area is 116 Å². The van der Waals surface area contributed by atoms with Gasteiger partial charge < -0.3 is 9.47 Å². The largest absolute Gasteiger partial charge is 0.485 e. The number of ether oxygens (including phenoxy) is 2. The highest BCUT2D eigenvalue weighted by Crippen LogP contribution is 2.29. The van der Waals surface area contributed by atoms with E-state index < -0.39 is 5.97 Å². The fourth-order valence-corrected chi connectivity index (χ4v) is 1.69. The fraction of sp³-hybridized carbons (Fsp3) is 0.125. The lowest BCUT2D eigenvalue weighted by Gasteiger charge is -2.11. The molecule has 4 heteroatoms. The van der Waals surface area contributed by atoms with Crippen molar-refractivity contribution in [2.24, 2.45) is 0 Å². The second kappa shape index (κ2) is 6.52. The van der Waals surface area contributed by atoms with Crippen molar-refractivity contribution in [3.05, 3.63) is 59.7 Å². The third-order valence-corrected chi connectivity index (χ3v) is 2.59. The maximum Gasteiger partial charge on any atom is 0.308 e. The fourth-order valence-electron chi connectivity index (χ4n) is 1.69. The van der Waals surface area contributed by atoms with E-state index in [0.29, 0.717) is 24.2 Å². The van der Waals surface area contributed by atoms with Gasteiger partial charge in [0.1, 0.15) is 12.9 Å². The highest BCUT2D eigenvalue weighted by molar-refractivity contribution is 5.78. The Morgan fingerprint density at radius 1 is 1.10 bits per heavy atom. The van der Waals surface area contributed by atoms with Gasteiger partial charge in [-0.05, 0) is 23.8 Å². The number of carbonyl (C=O) groups is 2. The monoisotopic (exact) mass is 270 g/mol. The van der Waals surface area contributed by atoms with Crippen LogP contribution in [0.5, 0.6) is 11.5 Å². The quantitative estimate of drug-likeness (QED) is 0.476. The van der Waals surface area contributed by atoms with E-state index in [-0.39, 0.29) is 5.75 Å². The lowest BCUT2D eigenvalue weighted by Crippen LogP contribution is -2.05. The van der Waals surface area contributed by atoms with Gasteiger partial charge in [0.05, 0.1) is 0 Å². The first-order valence-electron chi connectivity index (χ1n) is 6.13. The van der Waals surface area contributed by atoms with Crippen LogP contribution < -0.4 is 9.47 Å². The van der Waals surface area contributed by atoms with Crippen LogP contribution in [0.4, 0.5) is 0 Å². The SMILES string of the molecule is CC(=O)Oc1cc(C=O)ccc1OCc1ccccc1. The number of hydrogen-bond donors (Lipinski definition) is 0. The minimum atomic E-state index is -0.461. The number of benzene rings is 2. The predicted molar refractivity (Wildman–Crippen MR) is 73.9 cm³/mol. The van der Waals surface area contributed by atoms with Gasteiger partial charge in [-0.1, -0.05) is 30.3 Å². The molecule has 0 saturated carbocycles. The Balaban J connectivity index is 2.17. The van der Waals surface area contributed by atoms with Crippen LogP contribution in [0, 0.1) is 0 Å². The highest BCUT2D eigenvalue weighted by Gasteiger charge is 2.09. The molecule has 102 valence electrons. The smallest absolute Gasteiger partial charge is 0.308 e. The number of carbonyl (C=O) groups excluding carboxylic acids is 2. The Kier molecular flexibility index (Phi) is 4.50. The van der Waals surface area contributed by atoms with Crippen molar-refractivity contribution < 1.29 is 19.1 Å². The molecule has 0 fully saturated rings. The van der Waals surface area contributed by atoms with Crippen molar-refractivity contribution in [1.29, 1.82) is 0 Å². The third-order valence-electron chi connectivity index (χ3n) is 2.59. The topological polar surface area (TPSA) is 52.6 Å². The van der Waals surface area contributed by atoms with Gasteiger partial charge >= 0.3 is 5.97 Å². The van der Waals surface area contributed by atoms with Gasteiger partial charge in [0.25, 0.3) is 0 Å². The molecule has 0 spiro atoms. The highest BCUT2D eigenvalue weighted by atomic mass is 16.6. The summed E-state index contributed by atoms with van der Waals surface area (Å²) in [4.78, 5) is 21.8. The molecule has 0 radical (unpaired) electrons. The molecule has 2 rings (SSSR count). The minimum Gasteiger partial charge on any atom is -0.485 e. The number of rotatable bonds is 5. The zero-order valence-electron chi connectivity index (χ0n) is 11.0. The molecular formula is C16H14O4. The van der Waals surface area contributed by atoms with Crippen LogP contribution in [0.1, 0.15) is 22.8 Å². The first-order chi connectivity index (χ1) is 9.69. The van der Waals surface area contributed by atoms with E-state index >= 15 is 0 Å². The van der Waals surface area contributed by atoms with E-state index in [9.17, 15) is 9.59 Å². The Bertz CT molecular complexity index is 605. The lowest BCUT2D eigenvalue weighted by atomic mass is 10.2. The first-order valence-corrected chi connectivity index (χ1v) is 6.13. The molecule has 0 atom stereocenters. The summed E-state index contributed by atoms with van der Waals surface area (Å²) in [7, 11) is 0. The molecule has 0 saturated heterocycles. The van der Waals surface area contributed by atoms with Crippen molar-refractivity contribution in [3.63, 3.8) is 0 Å². The van der Waals surface area contributed by atoms with Crippen molar-refractivity contribution in [2.75, 3.05) is 0 Å². The van der Waals surface area contributed by atoms with E-state index in [0.717, 1.165) is 5.56 Å². The Hall–Kier alpha value is -2.62. The molecule has 0 heterocycles. The maximum absolute atomic E-state index is 11.1. The molecule has 0 unspecified atom stereocenters. The normalized spacial score (nSPS) is 9.85. The van der Waals surface area contributed by atoms with E-state index in [1.165, 1.54) is 13.0 Å².